The summed E-state index contributed by atoms with van der Waals surface area (Å²) in [4.78, 5) is 38.1. The fraction of sp³-hybridized carbons (Fsp3) is 0.211. The summed E-state index contributed by atoms with van der Waals surface area (Å²) in [5.74, 6) is -1.27. The van der Waals surface area contributed by atoms with Crippen LogP contribution in [0.5, 0.6) is 0 Å². The molecule has 0 N–H and O–H groups in total. The van der Waals surface area contributed by atoms with Crippen LogP contribution in [0.3, 0.4) is 0 Å². The van der Waals surface area contributed by atoms with Crippen LogP contribution in [0.25, 0.3) is 16.5 Å². The van der Waals surface area contributed by atoms with E-state index in [4.69, 9.17) is 4.74 Å². The van der Waals surface area contributed by atoms with Crippen molar-refractivity contribution < 1.29 is 19.1 Å². The van der Waals surface area contributed by atoms with E-state index in [1.165, 1.54) is 6.08 Å². The normalized spacial score (nSPS) is 14.2. The molecule has 2 aromatic rings. The Balaban J connectivity index is 1.52. The molecule has 1 aliphatic rings. The summed E-state index contributed by atoms with van der Waals surface area (Å²) in [7, 11) is 0. The molecule has 6 heteroatoms. The van der Waals surface area contributed by atoms with E-state index >= 15 is 0 Å². The fourth-order valence-electron chi connectivity index (χ4n) is 2.52. The summed E-state index contributed by atoms with van der Waals surface area (Å²) in [6.07, 6.45) is 3.99. The first-order chi connectivity index (χ1) is 12.1. The number of likely N-dealkylation sites (tertiary alicyclic amines) is 1. The maximum atomic E-state index is 11.8. The molecule has 1 aliphatic heterocycles. The molecule has 1 aromatic carbocycles. The second-order valence-corrected chi connectivity index (χ2v) is 6.67. The van der Waals surface area contributed by atoms with E-state index in [0.717, 1.165) is 20.2 Å². The topological polar surface area (TPSA) is 63.7 Å². The second-order valence-electron chi connectivity index (χ2n) is 5.55. The highest BCUT2D eigenvalue weighted by molar-refractivity contribution is 7.16. The number of imide groups is 1. The van der Waals surface area contributed by atoms with Crippen molar-refractivity contribution in [1.29, 1.82) is 0 Å². The Kier molecular flexibility index (Phi) is 5.40. The van der Waals surface area contributed by atoms with Gasteiger partial charge in [-0.1, -0.05) is 30.3 Å². The maximum absolute atomic E-state index is 11.8. The van der Waals surface area contributed by atoms with Crippen LogP contribution < -0.4 is 0 Å². The quantitative estimate of drug-likeness (QED) is 0.611. The molecule has 3 rings (SSSR count). The zero-order valence-electron chi connectivity index (χ0n) is 13.5. The molecule has 0 saturated carbocycles. The minimum absolute atomic E-state index is 0.205. The van der Waals surface area contributed by atoms with Gasteiger partial charge in [-0.25, -0.2) is 4.79 Å². The monoisotopic (exact) mass is 355 g/mol. The van der Waals surface area contributed by atoms with Crippen molar-refractivity contribution in [2.24, 2.45) is 0 Å². The van der Waals surface area contributed by atoms with Crippen LogP contribution in [0.2, 0.25) is 0 Å². The minimum atomic E-state index is -0.602. The number of esters is 1. The molecule has 5 nitrogen and oxygen atoms in total. The first kappa shape index (κ1) is 17.1. The summed E-state index contributed by atoms with van der Waals surface area (Å²) in [5.41, 5.74) is 1.12. The number of thiophene rings is 1. The van der Waals surface area contributed by atoms with Gasteiger partial charge in [0.15, 0.2) is 6.61 Å². The average Bonchev–Trinajstić information content (AvgIpc) is 3.27. The lowest BCUT2D eigenvalue weighted by Gasteiger charge is -2.12. The number of benzene rings is 1. The standard InChI is InChI=1S/C19H17NO4S/c21-17-7-4-12-20(17)18(22)13-24-19(23)11-9-15-8-10-16(25-15)14-5-2-1-3-6-14/h1-3,5-6,8-11H,4,7,12-13H2/b11-9+. The van der Waals surface area contributed by atoms with E-state index in [0.29, 0.717) is 19.4 Å². The minimum Gasteiger partial charge on any atom is -0.452 e. The molecule has 0 aliphatic carbocycles. The molecule has 25 heavy (non-hydrogen) atoms. The number of amides is 2. The zero-order chi connectivity index (χ0) is 17.6. The van der Waals surface area contributed by atoms with E-state index in [9.17, 15) is 14.4 Å². The highest BCUT2D eigenvalue weighted by Gasteiger charge is 2.26. The Morgan fingerprint density at radius 1 is 1.16 bits per heavy atom. The van der Waals surface area contributed by atoms with Crippen LogP contribution in [0, 0.1) is 0 Å². The third kappa shape index (κ3) is 4.42. The van der Waals surface area contributed by atoms with Crippen LogP contribution in [-0.4, -0.2) is 35.8 Å². The fourth-order valence-corrected chi connectivity index (χ4v) is 3.44. The number of carbonyl (C=O) groups excluding carboxylic acids is 3. The number of nitrogens with zero attached hydrogens (tertiary/aromatic N) is 1. The van der Waals surface area contributed by atoms with Crippen molar-refractivity contribution in [3.63, 3.8) is 0 Å². The first-order valence-electron chi connectivity index (χ1n) is 7.97. The Hall–Kier alpha value is -2.73. The first-order valence-corrected chi connectivity index (χ1v) is 8.78. The van der Waals surface area contributed by atoms with Gasteiger partial charge in [0.2, 0.25) is 5.91 Å². The van der Waals surface area contributed by atoms with Crippen LogP contribution >= 0.6 is 11.3 Å². The lowest BCUT2D eigenvalue weighted by atomic mass is 10.2. The van der Waals surface area contributed by atoms with Gasteiger partial charge >= 0.3 is 5.97 Å². The Morgan fingerprint density at radius 3 is 2.68 bits per heavy atom. The van der Waals surface area contributed by atoms with Crippen LogP contribution in [0.1, 0.15) is 17.7 Å². The molecule has 0 unspecified atom stereocenters. The smallest absolute Gasteiger partial charge is 0.331 e. The molecule has 128 valence electrons. The molecule has 0 spiro atoms. The van der Waals surface area contributed by atoms with E-state index in [-0.39, 0.29) is 5.91 Å². The molecule has 0 bridgehead atoms. The molecule has 2 heterocycles. The number of hydrogen-bond acceptors (Lipinski definition) is 5. The summed E-state index contributed by atoms with van der Waals surface area (Å²) in [6.45, 7) is -0.00284. The molecule has 0 atom stereocenters. The molecule has 1 aromatic heterocycles. The van der Waals surface area contributed by atoms with E-state index in [1.807, 2.05) is 42.5 Å². The van der Waals surface area contributed by atoms with Gasteiger partial charge in [0.05, 0.1) is 0 Å². The maximum Gasteiger partial charge on any atom is 0.331 e. The van der Waals surface area contributed by atoms with Gasteiger partial charge in [-0.2, -0.15) is 0 Å². The Labute approximate surface area is 149 Å². The van der Waals surface area contributed by atoms with Gasteiger partial charge in [0.1, 0.15) is 0 Å². The number of hydrogen-bond donors (Lipinski definition) is 0. The Morgan fingerprint density at radius 2 is 1.96 bits per heavy atom. The van der Waals surface area contributed by atoms with Crippen molar-refractivity contribution in [2.75, 3.05) is 13.2 Å². The van der Waals surface area contributed by atoms with Gasteiger partial charge in [-0.3, -0.25) is 14.5 Å². The number of rotatable bonds is 5. The molecule has 0 radical (unpaired) electrons. The lowest BCUT2D eigenvalue weighted by molar-refractivity contribution is -0.151. The second kappa shape index (κ2) is 7.90. The SMILES string of the molecule is O=C(/C=C/c1ccc(-c2ccccc2)s1)OCC(=O)N1CCCC1=O. The van der Waals surface area contributed by atoms with Crippen molar-refractivity contribution >= 4 is 35.2 Å². The van der Waals surface area contributed by atoms with E-state index in [1.54, 1.807) is 17.4 Å². The molecule has 1 saturated heterocycles. The van der Waals surface area contributed by atoms with Crippen molar-refractivity contribution in [2.45, 2.75) is 12.8 Å². The van der Waals surface area contributed by atoms with E-state index < -0.39 is 18.5 Å². The van der Waals surface area contributed by atoms with Crippen molar-refractivity contribution in [3.8, 4) is 10.4 Å². The predicted octanol–water partition coefficient (Wildman–Crippen LogP) is 3.12. The highest BCUT2D eigenvalue weighted by atomic mass is 32.1. The average molecular weight is 355 g/mol. The lowest BCUT2D eigenvalue weighted by Crippen LogP contribution is -2.35. The van der Waals surface area contributed by atoms with Gasteiger partial charge in [0.25, 0.3) is 5.91 Å². The number of ether oxygens (including phenoxy) is 1. The summed E-state index contributed by atoms with van der Waals surface area (Å²) in [5, 5.41) is 0. The third-order valence-electron chi connectivity index (χ3n) is 3.78. The summed E-state index contributed by atoms with van der Waals surface area (Å²) in [6, 6.07) is 13.9. The zero-order valence-corrected chi connectivity index (χ0v) is 14.3. The highest BCUT2D eigenvalue weighted by Crippen LogP contribution is 2.28. The summed E-state index contributed by atoms with van der Waals surface area (Å²) < 4.78 is 4.91. The number of carbonyl (C=O) groups is 3. The third-order valence-corrected chi connectivity index (χ3v) is 4.88. The predicted molar refractivity (Wildman–Crippen MR) is 95.7 cm³/mol. The van der Waals surface area contributed by atoms with Crippen molar-refractivity contribution in [1.82, 2.24) is 4.90 Å². The molecule has 1 fully saturated rings. The molecular formula is C19H17NO4S. The largest absolute Gasteiger partial charge is 0.452 e. The van der Waals surface area contributed by atoms with Crippen LogP contribution in [0.4, 0.5) is 0 Å². The van der Waals surface area contributed by atoms with Crippen LogP contribution in [-0.2, 0) is 19.1 Å². The van der Waals surface area contributed by atoms with Gasteiger partial charge in [0, 0.05) is 28.8 Å². The molecular weight excluding hydrogens is 338 g/mol. The van der Waals surface area contributed by atoms with Gasteiger partial charge in [-0.05, 0) is 30.2 Å². The Bertz CT molecular complexity index is 810. The van der Waals surface area contributed by atoms with Crippen LogP contribution in [0.15, 0.2) is 48.5 Å². The van der Waals surface area contributed by atoms with Gasteiger partial charge < -0.3 is 4.74 Å². The molecule has 2 amide bonds. The summed E-state index contributed by atoms with van der Waals surface area (Å²) >= 11 is 1.56. The van der Waals surface area contributed by atoms with E-state index in [2.05, 4.69) is 0 Å². The van der Waals surface area contributed by atoms with Gasteiger partial charge in [-0.15, -0.1) is 11.3 Å². The van der Waals surface area contributed by atoms with Crippen molar-refractivity contribution in [3.05, 3.63) is 53.4 Å².